The fourth-order valence-electron chi connectivity index (χ4n) is 7.07. The van der Waals surface area contributed by atoms with Crippen LogP contribution in [0.25, 0.3) is 0 Å². The van der Waals surface area contributed by atoms with Crippen molar-refractivity contribution >= 4 is 0 Å². The van der Waals surface area contributed by atoms with Gasteiger partial charge in [0, 0.05) is 104 Å². The first-order valence-corrected chi connectivity index (χ1v) is 15.8. The Balaban J connectivity index is 1.71. The van der Waals surface area contributed by atoms with E-state index in [9.17, 15) is 0 Å². The van der Waals surface area contributed by atoms with Crippen molar-refractivity contribution in [3.8, 4) is 0 Å². The summed E-state index contributed by atoms with van der Waals surface area (Å²) in [5.41, 5.74) is 10.1. The van der Waals surface area contributed by atoms with Crippen molar-refractivity contribution in [2.45, 2.75) is 79.6 Å². The second-order valence-corrected chi connectivity index (χ2v) is 12.5. The van der Waals surface area contributed by atoms with Crippen LogP contribution in [-0.4, -0.2) is 128 Å². The molecule has 0 spiro atoms. The molecule has 0 aromatic heterocycles. The predicted octanol–water partition coefficient (Wildman–Crippen LogP) is 3.39. The zero-order valence-corrected chi connectivity index (χ0v) is 26.0. The van der Waals surface area contributed by atoms with E-state index >= 15 is 0 Å². The number of piperazine rings is 3. The third-order valence-electron chi connectivity index (χ3n) is 9.72. The standard InChI is InChI=1S/C32H58N6/c1-8-27-30(23-35-15-11-33(6)12-16-35)28(9-2)32(25-37-19-21-38(22-20-37)26(4)5)29(10-3)31(27)24-36-17-13-34(7)14-18-36/h26H,8-25H2,1-7H3. The normalized spacial score (nSPS) is 22.1. The summed E-state index contributed by atoms with van der Waals surface area (Å²) in [4.78, 5) is 15.9. The average Bonchev–Trinajstić information content (AvgIpc) is 2.92. The van der Waals surface area contributed by atoms with Crippen LogP contribution in [0, 0.1) is 0 Å². The van der Waals surface area contributed by atoms with E-state index in [4.69, 9.17) is 0 Å². The smallest absolute Gasteiger partial charge is 0.0240 e. The zero-order valence-electron chi connectivity index (χ0n) is 26.0. The van der Waals surface area contributed by atoms with E-state index in [1.165, 1.54) is 78.5 Å². The van der Waals surface area contributed by atoms with E-state index in [0.29, 0.717) is 6.04 Å². The minimum atomic E-state index is 0.656. The molecule has 38 heavy (non-hydrogen) atoms. The number of hydrogen-bond acceptors (Lipinski definition) is 6. The molecule has 0 saturated carbocycles. The molecule has 0 aliphatic carbocycles. The predicted molar refractivity (Wildman–Crippen MR) is 162 cm³/mol. The molecule has 3 saturated heterocycles. The molecule has 1 aromatic rings. The summed E-state index contributed by atoms with van der Waals surface area (Å²) in [6, 6.07) is 0.656. The molecule has 3 heterocycles. The first-order valence-electron chi connectivity index (χ1n) is 15.8. The van der Waals surface area contributed by atoms with Gasteiger partial charge in [-0.1, -0.05) is 20.8 Å². The van der Waals surface area contributed by atoms with Gasteiger partial charge in [0.05, 0.1) is 0 Å². The van der Waals surface area contributed by atoms with Gasteiger partial charge >= 0.3 is 0 Å². The molecular formula is C32H58N6. The molecule has 216 valence electrons. The van der Waals surface area contributed by atoms with Gasteiger partial charge in [0.25, 0.3) is 0 Å². The van der Waals surface area contributed by atoms with Crippen LogP contribution in [-0.2, 0) is 38.9 Å². The van der Waals surface area contributed by atoms with E-state index < -0.39 is 0 Å². The summed E-state index contributed by atoms with van der Waals surface area (Å²) >= 11 is 0. The van der Waals surface area contributed by atoms with Crippen molar-refractivity contribution in [3.63, 3.8) is 0 Å². The van der Waals surface area contributed by atoms with Crippen molar-refractivity contribution < 1.29 is 0 Å². The van der Waals surface area contributed by atoms with Crippen LogP contribution in [0.2, 0.25) is 0 Å². The third kappa shape index (κ3) is 7.18. The molecule has 0 bridgehead atoms. The Morgan fingerprint density at radius 1 is 0.447 bits per heavy atom. The van der Waals surface area contributed by atoms with Gasteiger partial charge in [0.2, 0.25) is 0 Å². The van der Waals surface area contributed by atoms with Gasteiger partial charge in [-0.05, 0) is 80.6 Å². The second kappa shape index (κ2) is 14.0. The molecule has 0 amide bonds. The highest BCUT2D eigenvalue weighted by Gasteiger charge is 2.27. The van der Waals surface area contributed by atoms with E-state index in [0.717, 1.165) is 38.9 Å². The quantitative estimate of drug-likeness (QED) is 0.462. The molecule has 0 N–H and O–H groups in total. The highest BCUT2D eigenvalue weighted by Crippen LogP contribution is 2.34. The van der Waals surface area contributed by atoms with Crippen molar-refractivity contribution in [2.24, 2.45) is 0 Å². The minimum Gasteiger partial charge on any atom is -0.304 e. The second-order valence-electron chi connectivity index (χ2n) is 12.5. The van der Waals surface area contributed by atoms with Crippen LogP contribution in [0.4, 0.5) is 0 Å². The highest BCUT2D eigenvalue weighted by molar-refractivity contribution is 5.52. The van der Waals surface area contributed by atoms with E-state index in [1.54, 1.807) is 33.4 Å². The molecule has 6 heteroatoms. The fourth-order valence-corrected chi connectivity index (χ4v) is 7.07. The highest BCUT2D eigenvalue weighted by atomic mass is 15.3. The minimum absolute atomic E-state index is 0.656. The van der Waals surface area contributed by atoms with Gasteiger partial charge < -0.3 is 9.80 Å². The monoisotopic (exact) mass is 526 g/mol. The van der Waals surface area contributed by atoms with Gasteiger partial charge in [-0.2, -0.15) is 0 Å². The Bertz CT molecular complexity index is 821. The largest absolute Gasteiger partial charge is 0.304 e. The molecule has 1 aromatic carbocycles. The van der Waals surface area contributed by atoms with Gasteiger partial charge in [0.15, 0.2) is 0 Å². The van der Waals surface area contributed by atoms with Crippen LogP contribution in [0.3, 0.4) is 0 Å². The number of hydrogen-bond donors (Lipinski definition) is 0. The lowest BCUT2D eigenvalue weighted by Gasteiger charge is -2.39. The van der Waals surface area contributed by atoms with Crippen molar-refractivity contribution in [3.05, 3.63) is 33.4 Å². The molecular weight excluding hydrogens is 468 g/mol. The Labute approximate surface area is 234 Å². The SMILES string of the molecule is CCc1c(CN2CCN(C)CC2)c(CC)c(CN2CCN(C(C)C)CC2)c(CC)c1CN1CCN(C)CC1. The van der Waals surface area contributed by atoms with Crippen LogP contribution >= 0.6 is 0 Å². The molecule has 3 fully saturated rings. The Morgan fingerprint density at radius 3 is 1.00 bits per heavy atom. The topological polar surface area (TPSA) is 19.4 Å². The number of likely N-dealkylation sites (N-methyl/N-ethyl adjacent to an activating group) is 2. The van der Waals surface area contributed by atoms with Crippen LogP contribution in [0.1, 0.15) is 68.0 Å². The Hall–Kier alpha value is -1.02. The first kappa shape index (κ1) is 30.0. The van der Waals surface area contributed by atoms with Gasteiger partial charge in [0.1, 0.15) is 0 Å². The summed E-state index contributed by atoms with van der Waals surface area (Å²) in [5.74, 6) is 0. The maximum Gasteiger partial charge on any atom is 0.0240 e. The van der Waals surface area contributed by atoms with Gasteiger partial charge in [-0.15, -0.1) is 0 Å². The number of nitrogens with zero attached hydrogens (tertiary/aromatic N) is 6. The van der Waals surface area contributed by atoms with Crippen molar-refractivity contribution in [1.29, 1.82) is 0 Å². The third-order valence-corrected chi connectivity index (χ3v) is 9.72. The van der Waals surface area contributed by atoms with E-state index in [2.05, 4.69) is 78.1 Å². The van der Waals surface area contributed by atoms with Crippen LogP contribution in [0.15, 0.2) is 0 Å². The summed E-state index contributed by atoms with van der Waals surface area (Å²) in [6.07, 6.45) is 3.46. The molecule has 0 atom stereocenters. The van der Waals surface area contributed by atoms with Crippen molar-refractivity contribution in [2.75, 3.05) is 92.6 Å². The lowest BCUT2D eigenvalue weighted by molar-refractivity contribution is 0.103. The Morgan fingerprint density at radius 2 is 0.737 bits per heavy atom. The molecule has 0 radical (unpaired) electrons. The van der Waals surface area contributed by atoms with Gasteiger partial charge in [-0.25, -0.2) is 0 Å². The molecule has 6 nitrogen and oxygen atoms in total. The first-order chi connectivity index (χ1) is 18.3. The molecule has 3 aliphatic rings. The molecule has 3 aliphatic heterocycles. The molecule has 4 rings (SSSR count). The lowest BCUT2D eigenvalue weighted by atomic mass is 9.82. The summed E-state index contributed by atoms with van der Waals surface area (Å²) in [5, 5.41) is 0. The number of benzene rings is 1. The fraction of sp³-hybridized carbons (Fsp3) is 0.812. The molecule has 0 unspecified atom stereocenters. The van der Waals surface area contributed by atoms with E-state index in [-0.39, 0.29) is 0 Å². The summed E-state index contributed by atoms with van der Waals surface area (Å²) in [7, 11) is 4.54. The summed E-state index contributed by atoms with van der Waals surface area (Å²) in [6.45, 7) is 29.7. The average molecular weight is 527 g/mol. The maximum atomic E-state index is 2.76. The van der Waals surface area contributed by atoms with Crippen LogP contribution in [0.5, 0.6) is 0 Å². The number of rotatable bonds is 10. The Kier molecular flexibility index (Phi) is 11.1. The van der Waals surface area contributed by atoms with E-state index in [1.807, 2.05) is 0 Å². The van der Waals surface area contributed by atoms with Crippen molar-refractivity contribution in [1.82, 2.24) is 29.4 Å². The zero-order chi connectivity index (χ0) is 27.2. The maximum absolute atomic E-state index is 2.76. The van der Waals surface area contributed by atoms with Gasteiger partial charge in [-0.3, -0.25) is 19.6 Å². The van der Waals surface area contributed by atoms with Crippen LogP contribution < -0.4 is 0 Å². The lowest BCUT2D eigenvalue weighted by Crippen LogP contribution is -2.48. The summed E-state index contributed by atoms with van der Waals surface area (Å²) < 4.78 is 0.